The molecule has 0 spiro atoms. The highest BCUT2D eigenvalue weighted by molar-refractivity contribution is 7.89. The molecule has 0 aliphatic carbocycles. The highest BCUT2D eigenvalue weighted by Gasteiger charge is 2.30. The van der Waals surface area contributed by atoms with Crippen LogP contribution < -0.4 is 0 Å². The third kappa shape index (κ3) is 7.06. The number of carbonyl (C=O) groups excluding carboxylic acids is 2. The largest absolute Gasteiger partial charge is 0.462 e. The Morgan fingerprint density at radius 3 is 1.82 bits per heavy atom. The highest BCUT2D eigenvalue weighted by Crippen LogP contribution is 2.19. The van der Waals surface area contributed by atoms with Crippen LogP contribution in [-0.2, 0) is 32.6 Å². The first-order valence-electron chi connectivity index (χ1n) is 12.7. The van der Waals surface area contributed by atoms with Gasteiger partial charge in [0.2, 0.25) is 15.9 Å². The smallest absolute Gasteiger partial charge is 0.338 e. The molecule has 1 heterocycles. The van der Waals surface area contributed by atoms with Crippen LogP contribution in [0.3, 0.4) is 0 Å². The summed E-state index contributed by atoms with van der Waals surface area (Å²) in [6, 6.07) is 25.6. The molecule has 0 saturated carbocycles. The van der Waals surface area contributed by atoms with Gasteiger partial charge in [0, 0.05) is 39.3 Å². The van der Waals surface area contributed by atoms with Gasteiger partial charge in [0.1, 0.15) is 0 Å². The van der Waals surface area contributed by atoms with Gasteiger partial charge in [-0.15, -0.1) is 0 Å². The maximum absolute atomic E-state index is 13.4. The molecule has 0 unspecified atom stereocenters. The van der Waals surface area contributed by atoms with Crippen molar-refractivity contribution in [2.24, 2.45) is 0 Å². The second kappa shape index (κ2) is 12.8. The summed E-state index contributed by atoms with van der Waals surface area (Å²) in [4.78, 5) is 29.2. The Morgan fingerprint density at radius 2 is 1.32 bits per heavy atom. The number of carbonyl (C=O) groups is 2. The molecule has 8 nitrogen and oxygen atoms in total. The lowest BCUT2D eigenvalue weighted by atomic mass is 10.1. The van der Waals surface area contributed by atoms with Crippen molar-refractivity contribution in [3.63, 3.8) is 0 Å². The minimum absolute atomic E-state index is 0.00330. The Kier molecular flexibility index (Phi) is 9.28. The van der Waals surface area contributed by atoms with E-state index < -0.39 is 16.0 Å². The molecule has 0 aromatic heterocycles. The van der Waals surface area contributed by atoms with E-state index in [1.807, 2.05) is 70.5 Å². The normalized spacial score (nSPS) is 14.7. The van der Waals surface area contributed by atoms with Gasteiger partial charge >= 0.3 is 5.97 Å². The predicted octanol–water partition coefficient (Wildman–Crippen LogP) is 3.40. The fourth-order valence-electron chi connectivity index (χ4n) is 4.39. The van der Waals surface area contributed by atoms with E-state index in [4.69, 9.17) is 4.74 Å². The number of hydrogen-bond acceptors (Lipinski definition) is 6. The van der Waals surface area contributed by atoms with E-state index in [9.17, 15) is 18.0 Å². The summed E-state index contributed by atoms with van der Waals surface area (Å²) < 4.78 is 32.7. The Morgan fingerprint density at radius 1 is 0.789 bits per heavy atom. The second-order valence-electron chi connectivity index (χ2n) is 9.15. The molecule has 1 saturated heterocycles. The van der Waals surface area contributed by atoms with Crippen molar-refractivity contribution in [1.29, 1.82) is 0 Å². The average Bonchev–Trinajstić information content (AvgIpc) is 2.94. The van der Waals surface area contributed by atoms with Crippen LogP contribution in [0.15, 0.2) is 89.8 Å². The first-order valence-corrected chi connectivity index (χ1v) is 14.2. The van der Waals surface area contributed by atoms with Crippen LogP contribution in [0.2, 0.25) is 0 Å². The first-order chi connectivity index (χ1) is 18.4. The van der Waals surface area contributed by atoms with E-state index in [1.165, 1.54) is 28.6 Å². The van der Waals surface area contributed by atoms with Crippen molar-refractivity contribution in [2.75, 3.05) is 39.3 Å². The molecule has 200 valence electrons. The number of nitrogens with zero attached hydrogens (tertiary/aromatic N) is 3. The zero-order valence-corrected chi connectivity index (χ0v) is 22.3. The summed E-state index contributed by atoms with van der Waals surface area (Å²) in [5.74, 6) is -0.480. The van der Waals surface area contributed by atoms with Crippen LogP contribution in [0, 0.1) is 0 Å². The van der Waals surface area contributed by atoms with Gasteiger partial charge in [-0.05, 0) is 42.3 Å². The zero-order valence-electron chi connectivity index (χ0n) is 21.5. The Hall–Kier alpha value is -3.53. The molecule has 0 N–H and O–H groups in total. The minimum atomic E-state index is -3.71. The van der Waals surface area contributed by atoms with Crippen LogP contribution >= 0.6 is 0 Å². The summed E-state index contributed by atoms with van der Waals surface area (Å²) in [5, 5.41) is 0. The van der Waals surface area contributed by atoms with Crippen LogP contribution in [0.25, 0.3) is 0 Å². The maximum Gasteiger partial charge on any atom is 0.338 e. The molecule has 1 aliphatic heterocycles. The van der Waals surface area contributed by atoms with Crippen molar-refractivity contribution < 1.29 is 22.7 Å². The molecule has 9 heteroatoms. The molecule has 0 atom stereocenters. The lowest BCUT2D eigenvalue weighted by molar-refractivity contribution is -0.134. The zero-order chi connectivity index (χ0) is 27.0. The molecule has 0 bridgehead atoms. The fourth-order valence-corrected chi connectivity index (χ4v) is 5.81. The molecular weight excluding hydrogens is 502 g/mol. The van der Waals surface area contributed by atoms with Crippen molar-refractivity contribution >= 4 is 21.9 Å². The van der Waals surface area contributed by atoms with Gasteiger partial charge in [-0.2, -0.15) is 4.31 Å². The fraction of sp³-hybridized carbons (Fsp3) is 0.310. The summed E-state index contributed by atoms with van der Waals surface area (Å²) in [6.45, 7) is 4.68. The van der Waals surface area contributed by atoms with Gasteiger partial charge in [0.05, 0.1) is 23.6 Å². The minimum Gasteiger partial charge on any atom is -0.462 e. The van der Waals surface area contributed by atoms with Gasteiger partial charge in [0.25, 0.3) is 0 Å². The van der Waals surface area contributed by atoms with E-state index in [-0.39, 0.29) is 37.0 Å². The van der Waals surface area contributed by atoms with E-state index in [1.54, 1.807) is 6.92 Å². The van der Waals surface area contributed by atoms with E-state index in [0.717, 1.165) is 11.1 Å². The molecule has 1 fully saturated rings. The summed E-state index contributed by atoms with van der Waals surface area (Å²) in [7, 11) is -3.71. The van der Waals surface area contributed by atoms with Crippen molar-refractivity contribution in [3.05, 3.63) is 102 Å². The topological polar surface area (TPSA) is 87.2 Å². The molecule has 3 aromatic carbocycles. The number of benzene rings is 3. The number of esters is 1. The molecule has 3 aromatic rings. The third-order valence-electron chi connectivity index (χ3n) is 6.48. The quantitative estimate of drug-likeness (QED) is 0.370. The van der Waals surface area contributed by atoms with E-state index in [0.29, 0.717) is 31.7 Å². The maximum atomic E-state index is 13.4. The molecule has 4 rings (SSSR count). The number of hydrogen-bond donors (Lipinski definition) is 0. The molecule has 38 heavy (non-hydrogen) atoms. The van der Waals surface area contributed by atoms with Crippen LogP contribution in [-0.4, -0.2) is 73.7 Å². The number of ether oxygens (including phenoxy) is 1. The van der Waals surface area contributed by atoms with E-state index >= 15 is 0 Å². The van der Waals surface area contributed by atoms with Gasteiger partial charge in [-0.1, -0.05) is 60.7 Å². The Bertz CT molecular complexity index is 1270. The van der Waals surface area contributed by atoms with Gasteiger partial charge in [-0.3, -0.25) is 9.69 Å². The number of sulfonamides is 1. The highest BCUT2D eigenvalue weighted by atomic mass is 32.2. The summed E-state index contributed by atoms with van der Waals surface area (Å²) >= 11 is 0. The Labute approximate surface area is 224 Å². The first kappa shape index (κ1) is 27.5. The predicted molar refractivity (Wildman–Crippen MR) is 145 cm³/mol. The van der Waals surface area contributed by atoms with Crippen LogP contribution in [0.5, 0.6) is 0 Å². The monoisotopic (exact) mass is 535 g/mol. The van der Waals surface area contributed by atoms with Crippen LogP contribution in [0.4, 0.5) is 0 Å². The van der Waals surface area contributed by atoms with Crippen molar-refractivity contribution in [1.82, 2.24) is 14.1 Å². The summed E-state index contributed by atoms with van der Waals surface area (Å²) in [6.07, 6.45) is 0. The van der Waals surface area contributed by atoms with Gasteiger partial charge < -0.3 is 9.64 Å². The lowest BCUT2D eigenvalue weighted by Gasteiger charge is -2.35. The third-order valence-corrected chi connectivity index (χ3v) is 8.39. The molecule has 1 amide bonds. The van der Waals surface area contributed by atoms with Crippen LogP contribution in [0.1, 0.15) is 28.4 Å². The number of amides is 1. The second-order valence-corrected chi connectivity index (χ2v) is 11.1. The number of rotatable bonds is 10. The number of piperazine rings is 1. The van der Waals surface area contributed by atoms with E-state index in [2.05, 4.69) is 0 Å². The Balaban J connectivity index is 1.36. The van der Waals surface area contributed by atoms with Crippen molar-refractivity contribution in [3.8, 4) is 0 Å². The molecular formula is C29H33N3O5S. The van der Waals surface area contributed by atoms with Crippen molar-refractivity contribution in [2.45, 2.75) is 24.9 Å². The SMILES string of the molecule is CCOC(=O)c1ccc(S(=O)(=O)N2CCN(CC(=O)N(Cc3ccccc3)Cc3ccccc3)CC2)cc1. The van der Waals surface area contributed by atoms with Gasteiger partial charge in [-0.25, -0.2) is 13.2 Å². The average molecular weight is 536 g/mol. The summed E-state index contributed by atoms with van der Waals surface area (Å²) in [5.41, 5.74) is 2.42. The molecule has 1 aliphatic rings. The van der Waals surface area contributed by atoms with Gasteiger partial charge in [0.15, 0.2) is 0 Å². The molecule has 0 radical (unpaired) electrons. The lowest BCUT2D eigenvalue weighted by Crippen LogP contribution is -2.51. The standard InChI is InChI=1S/C29H33N3O5S/c1-2-37-29(34)26-13-15-27(16-14-26)38(35,36)32-19-17-30(18-20-32)23-28(33)31(21-24-9-5-3-6-10-24)22-25-11-7-4-8-12-25/h3-16H,2,17-23H2,1H3.